The van der Waals surface area contributed by atoms with E-state index >= 15 is 0 Å². The lowest BCUT2D eigenvalue weighted by Crippen LogP contribution is -2.36. The number of hydrogen-bond acceptors (Lipinski definition) is 2. The zero-order valence-corrected chi connectivity index (χ0v) is 9.29. The molecule has 0 amide bonds. The first-order valence-corrected chi connectivity index (χ1v) is 5.36. The molecule has 1 aliphatic heterocycles. The molecule has 0 N–H and O–H groups in total. The van der Waals surface area contributed by atoms with Crippen molar-refractivity contribution in [2.75, 3.05) is 13.1 Å². The Bertz CT molecular complexity index is 312. The molecule has 0 bridgehead atoms. The topological polar surface area (TPSA) is 16.1 Å². The average Bonchev–Trinajstić information content (AvgIpc) is 1.99. The van der Waals surface area contributed by atoms with E-state index in [4.69, 9.17) is 0 Å². The van der Waals surface area contributed by atoms with Crippen LogP contribution < -0.4 is 0 Å². The van der Waals surface area contributed by atoms with E-state index < -0.39 is 5.95 Å². The Labute approximate surface area is 90.3 Å². The third-order valence-corrected chi connectivity index (χ3v) is 3.24. The van der Waals surface area contributed by atoms with Crippen molar-refractivity contribution in [3.63, 3.8) is 0 Å². The zero-order chi connectivity index (χ0) is 9.26. The summed E-state index contributed by atoms with van der Waals surface area (Å²) in [5.74, 6) is -0.392. The maximum atomic E-state index is 12.7. The van der Waals surface area contributed by atoms with Gasteiger partial charge in [-0.25, -0.2) is 4.98 Å². The fraction of sp³-hybridized carbons (Fsp3) is 0.444. The first kappa shape index (κ1) is 9.33. The van der Waals surface area contributed by atoms with Crippen molar-refractivity contribution in [1.82, 2.24) is 9.88 Å². The van der Waals surface area contributed by atoms with Gasteiger partial charge in [0.2, 0.25) is 5.95 Å². The molecule has 1 fully saturated rings. The molecule has 4 heteroatoms. The molecule has 0 aromatic carbocycles. The molecule has 2 rings (SSSR count). The van der Waals surface area contributed by atoms with Gasteiger partial charge in [-0.3, -0.25) is 4.90 Å². The van der Waals surface area contributed by atoms with Gasteiger partial charge in [-0.2, -0.15) is 4.39 Å². The lowest BCUT2D eigenvalue weighted by Gasteiger charge is -2.30. The maximum absolute atomic E-state index is 12.7. The van der Waals surface area contributed by atoms with Crippen LogP contribution in [0.1, 0.15) is 12.0 Å². The van der Waals surface area contributed by atoms with E-state index in [1.54, 1.807) is 6.20 Å². The Hall–Kier alpha value is -0.230. The van der Waals surface area contributed by atoms with Gasteiger partial charge in [0.1, 0.15) is 0 Å². The molecule has 2 nitrogen and oxygen atoms in total. The lowest BCUT2D eigenvalue weighted by atomic mass is 10.2. The van der Waals surface area contributed by atoms with Crippen molar-refractivity contribution in [3.05, 3.63) is 27.3 Å². The first-order chi connectivity index (χ1) is 6.25. The summed E-state index contributed by atoms with van der Waals surface area (Å²) in [4.78, 5) is 5.98. The summed E-state index contributed by atoms with van der Waals surface area (Å²) in [5.41, 5.74) is 1.13. The summed E-state index contributed by atoms with van der Waals surface area (Å²) in [7, 11) is 0. The molecule has 2 heterocycles. The van der Waals surface area contributed by atoms with Crippen LogP contribution in [0.5, 0.6) is 0 Å². The molecule has 1 saturated heterocycles. The van der Waals surface area contributed by atoms with Crippen LogP contribution in [-0.2, 0) is 6.54 Å². The minimum Gasteiger partial charge on any atom is -0.299 e. The number of likely N-dealkylation sites (tertiary alicyclic amines) is 1. The molecule has 1 aliphatic rings. The third kappa shape index (κ3) is 2.17. The zero-order valence-electron chi connectivity index (χ0n) is 7.13. The Morgan fingerprint density at radius 3 is 2.85 bits per heavy atom. The molecule has 0 spiro atoms. The van der Waals surface area contributed by atoms with Crippen LogP contribution in [0.3, 0.4) is 0 Å². The van der Waals surface area contributed by atoms with Crippen molar-refractivity contribution in [1.29, 1.82) is 0 Å². The van der Waals surface area contributed by atoms with Gasteiger partial charge in [0.25, 0.3) is 0 Å². The van der Waals surface area contributed by atoms with Crippen LogP contribution in [-0.4, -0.2) is 23.0 Å². The van der Waals surface area contributed by atoms with E-state index in [1.165, 1.54) is 12.5 Å². The average molecular weight is 292 g/mol. The van der Waals surface area contributed by atoms with Gasteiger partial charge >= 0.3 is 0 Å². The molecule has 0 radical (unpaired) electrons. The predicted octanol–water partition coefficient (Wildman–Crippen LogP) is 2.03. The van der Waals surface area contributed by atoms with Crippen molar-refractivity contribution < 1.29 is 4.39 Å². The Balaban J connectivity index is 2.10. The van der Waals surface area contributed by atoms with Crippen molar-refractivity contribution in [2.45, 2.75) is 13.0 Å². The fourth-order valence-electron chi connectivity index (χ4n) is 1.33. The van der Waals surface area contributed by atoms with Gasteiger partial charge in [-0.1, -0.05) is 0 Å². The van der Waals surface area contributed by atoms with E-state index in [1.807, 2.05) is 0 Å². The monoisotopic (exact) mass is 292 g/mol. The number of halogens is 2. The number of pyridine rings is 1. The minimum atomic E-state index is -0.392. The minimum absolute atomic E-state index is 0.392. The third-order valence-electron chi connectivity index (χ3n) is 2.24. The van der Waals surface area contributed by atoms with Crippen molar-refractivity contribution >= 4 is 22.6 Å². The molecule has 1 aromatic rings. The molecular formula is C9H10FIN2. The van der Waals surface area contributed by atoms with E-state index in [0.29, 0.717) is 0 Å². The molecule has 1 aromatic heterocycles. The SMILES string of the molecule is Fc1cc(I)c(CN2CCC2)cn1. The quantitative estimate of drug-likeness (QED) is 0.612. The van der Waals surface area contributed by atoms with E-state index in [-0.39, 0.29) is 0 Å². The number of aromatic nitrogens is 1. The second-order valence-corrected chi connectivity index (χ2v) is 4.39. The van der Waals surface area contributed by atoms with Gasteiger partial charge in [-0.15, -0.1) is 0 Å². The van der Waals surface area contributed by atoms with Crippen molar-refractivity contribution in [3.8, 4) is 0 Å². The van der Waals surface area contributed by atoms with E-state index in [9.17, 15) is 4.39 Å². The normalized spacial score (nSPS) is 17.1. The van der Waals surface area contributed by atoms with Crippen LogP contribution >= 0.6 is 22.6 Å². The molecule has 13 heavy (non-hydrogen) atoms. The molecule has 70 valence electrons. The highest BCUT2D eigenvalue weighted by atomic mass is 127. The predicted molar refractivity (Wildman–Crippen MR) is 56.8 cm³/mol. The molecule has 0 unspecified atom stereocenters. The summed E-state index contributed by atoms with van der Waals surface area (Å²) in [6.07, 6.45) is 2.92. The number of nitrogens with zero attached hydrogens (tertiary/aromatic N) is 2. The summed E-state index contributed by atoms with van der Waals surface area (Å²) < 4.78 is 13.6. The van der Waals surface area contributed by atoms with Gasteiger partial charge < -0.3 is 0 Å². The smallest absolute Gasteiger partial charge is 0.213 e. The highest BCUT2D eigenvalue weighted by Crippen LogP contribution is 2.17. The highest BCUT2D eigenvalue weighted by Gasteiger charge is 2.15. The van der Waals surface area contributed by atoms with Crippen LogP contribution in [0.4, 0.5) is 4.39 Å². The fourth-order valence-corrected chi connectivity index (χ4v) is 1.90. The van der Waals surface area contributed by atoms with Gasteiger partial charge in [-0.05, 0) is 47.7 Å². The number of hydrogen-bond donors (Lipinski definition) is 0. The largest absolute Gasteiger partial charge is 0.299 e. The van der Waals surface area contributed by atoms with Crippen LogP contribution in [0.15, 0.2) is 12.3 Å². The second kappa shape index (κ2) is 3.88. The van der Waals surface area contributed by atoms with Crippen molar-refractivity contribution in [2.24, 2.45) is 0 Å². The molecule has 0 atom stereocenters. The second-order valence-electron chi connectivity index (χ2n) is 3.23. The number of rotatable bonds is 2. The van der Waals surface area contributed by atoms with E-state index in [0.717, 1.165) is 28.8 Å². The molecular weight excluding hydrogens is 282 g/mol. The summed E-state index contributed by atoms with van der Waals surface area (Å²) in [5, 5.41) is 0. The van der Waals surface area contributed by atoms with Crippen LogP contribution in [0.2, 0.25) is 0 Å². The highest BCUT2D eigenvalue weighted by molar-refractivity contribution is 14.1. The van der Waals surface area contributed by atoms with Crippen LogP contribution in [0.25, 0.3) is 0 Å². The van der Waals surface area contributed by atoms with Gasteiger partial charge in [0.05, 0.1) is 0 Å². The Kier molecular flexibility index (Phi) is 2.78. The summed E-state index contributed by atoms with van der Waals surface area (Å²) in [6.45, 7) is 3.23. The Morgan fingerprint density at radius 2 is 2.31 bits per heavy atom. The van der Waals surface area contributed by atoms with Crippen LogP contribution in [0, 0.1) is 9.52 Å². The summed E-state index contributed by atoms with van der Waals surface area (Å²) >= 11 is 2.15. The van der Waals surface area contributed by atoms with Gasteiger partial charge in [0.15, 0.2) is 0 Å². The van der Waals surface area contributed by atoms with E-state index in [2.05, 4.69) is 32.5 Å². The standard InChI is InChI=1S/C9H10FIN2/c10-9-4-8(11)7(5-12-9)6-13-2-1-3-13/h4-5H,1-3,6H2. The lowest BCUT2D eigenvalue weighted by molar-refractivity contribution is 0.172. The summed E-state index contributed by atoms with van der Waals surface area (Å²) in [6, 6.07) is 1.48. The maximum Gasteiger partial charge on any atom is 0.213 e. The Morgan fingerprint density at radius 1 is 1.54 bits per heavy atom. The molecule has 0 saturated carbocycles. The first-order valence-electron chi connectivity index (χ1n) is 4.28. The van der Waals surface area contributed by atoms with Gasteiger partial charge in [0, 0.05) is 22.4 Å². The molecule has 0 aliphatic carbocycles.